The van der Waals surface area contributed by atoms with Gasteiger partial charge in [-0.1, -0.05) is 55.5 Å². The van der Waals surface area contributed by atoms with E-state index in [4.69, 9.17) is 19.2 Å². The molecule has 7 rings (SSSR count). The number of hydrogen-bond donors (Lipinski definition) is 3. The van der Waals surface area contributed by atoms with Crippen LogP contribution in [0.3, 0.4) is 0 Å². The average molecular weight is 595 g/mol. The predicted molar refractivity (Wildman–Crippen MR) is 167 cm³/mol. The first kappa shape index (κ1) is 26.9. The van der Waals surface area contributed by atoms with Gasteiger partial charge in [-0.3, -0.25) is 9.72 Å². The normalized spacial score (nSPS) is 14.1. The maximum atomic E-state index is 12.5. The van der Waals surface area contributed by atoms with Crippen LogP contribution in [0.1, 0.15) is 39.4 Å². The molecule has 43 heavy (non-hydrogen) atoms. The van der Waals surface area contributed by atoms with Gasteiger partial charge < -0.3 is 19.9 Å². The van der Waals surface area contributed by atoms with Crippen molar-refractivity contribution in [2.24, 2.45) is 0 Å². The molecule has 0 unspecified atom stereocenters. The molecule has 0 bridgehead atoms. The van der Waals surface area contributed by atoms with E-state index in [1.807, 2.05) is 86.0 Å². The minimum atomic E-state index is -0.400. The van der Waals surface area contributed by atoms with E-state index in [-0.39, 0.29) is 11.0 Å². The Morgan fingerprint density at radius 2 is 1.88 bits per heavy atom. The first-order valence-corrected chi connectivity index (χ1v) is 14.8. The molecule has 1 fully saturated rings. The standard InChI is InChI=1S/C31H30N8O3S/c1-30(2,3)23-16-25(38-42-23)35-28(40)33-20-9-7-19(8-10-20)21-17-39-22-11-12-26(36-27(22)43-29(39)34-21)41-18-31(13-14-31)37-24-6-4-5-15-32-24/h4-12,15-17H,13-14,18H2,1-3H3,(H,32,37)(H2,33,35,38,40). The van der Waals surface area contributed by atoms with E-state index in [1.54, 1.807) is 12.3 Å². The molecular weight excluding hydrogens is 564 g/mol. The second-order valence-electron chi connectivity index (χ2n) is 11.7. The zero-order chi connectivity index (χ0) is 29.6. The summed E-state index contributed by atoms with van der Waals surface area (Å²) in [5.74, 6) is 2.51. The van der Waals surface area contributed by atoms with Gasteiger partial charge in [0.05, 0.1) is 16.7 Å². The second-order valence-corrected chi connectivity index (χ2v) is 12.7. The molecule has 1 aromatic carbocycles. The third-order valence-corrected chi connectivity index (χ3v) is 8.24. The molecule has 1 aliphatic rings. The Morgan fingerprint density at radius 1 is 1.05 bits per heavy atom. The number of thiazole rings is 1. The van der Waals surface area contributed by atoms with Crippen molar-refractivity contribution in [2.75, 3.05) is 22.6 Å². The number of imidazole rings is 1. The number of aromatic nitrogens is 5. The Morgan fingerprint density at radius 3 is 2.60 bits per heavy atom. The van der Waals surface area contributed by atoms with Crippen molar-refractivity contribution in [3.63, 3.8) is 0 Å². The van der Waals surface area contributed by atoms with Crippen LogP contribution >= 0.6 is 11.3 Å². The molecule has 0 aliphatic heterocycles. The molecular formula is C31H30N8O3S. The summed E-state index contributed by atoms with van der Waals surface area (Å²) >= 11 is 1.51. The number of nitrogens with one attached hydrogen (secondary N) is 3. The SMILES string of the molecule is CC(C)(C)c1cc(NC(=O)Nc2ccc(-c3cn4c(n3)sc3nc(OCC5(Nc6ccccn6)CC5)ccc34)cc2)no1. The second kappa shape index (κ2) is 10.4. The van der Waals surface area contributed by atoms with Gasteiger partial charge in [0.15, 0.2) is 10.8 Å². The van der Waals surface area contributed by atoms with Crippen LogP contribution in [-0.2, 0) is 5.41 Å². The highest BCUT2D eigenvalue weighted by molar-refractivity contribution is 7.23. The number of rotatable bonds is 8. The van der Waals surface area contributed by atoms with Crippen molar-refractivity contribution in [2.45, 2.75) is 44.6 Å². The summed E-state index contributed by atoms with van der Waals surface area (Å²) in [6.07, 6.45) is 5.85. The van der Waals surface area contributed by atoms with Crippen molar-refractivity contribution < 1.29 is 14.1 Å². The molecule has 6 aromatic rings. The number of benzene rings is 1. The summed E-state index contributed by atoms with van der Waals surface area (Å²) < 4.78 is 13.5. The van der Waals surface area contributed by atoms with E-state index in [1.165, 1.54) is 11.3 Å². The van der Waals surface area contributed by atoms with Gasteiger partial charge in [-0.2, -0.15) is 0 Å². The number of amides is 2. The summed E-state index contributed by atoms with van der Waals surface area (Å²) in [6, 6.07) is 18.6. The Labute approximate surface area is 251 Å². The Balaban J connectivity index is 0.993. The number of fused-ring (bicyclic) bond motifs is 3. The van der Waals surface area contributed by atoms with Gasteiger partial charge in [0.2, 0.25) is 5.88 Å². The van der Waals surface area contributed by atoms with E-state index in [0.717, 1.165) is 45.2 Å². The minimum Gasteiger partial charge on any atom is -0.475 e. The Kier molecular flexibility index (Phi) is 6.50. The van der Waals surface area contributed by atoms with Gasteiger partial charge >= 0.3 is 6.03 Å². The largest absolute Gasteiger partial charge is 0.475 e. The van der Waals surface area contributed by atoms with E-state index in [0.29, 0.717) is 29.8 Å². The fourth-order valence-electron chi connectivity index (χ4n) is 4.66. The summed E-state index contributed by atoms with van der Waals surface area (Å²) in [4.78, 5) is 28.1. The number of hydrogen-bond acceptors (Lipinski definition) is 9. The molecule has 0 radical (unpaired) electrons. The number of pyridine rings is 2. The van der Waals surface area contributed by atoms with Crippen molar-refractivity contribution >= 4 is 50.0 Å². The van der Waals surface area contributed by atoms with Crippen molar-refractivity contribution in [1.82, 2.24) is 24.5 Å². The summed E-state index contributed by atoms with van der Waals surface area (Å²) in [5, 5.41) is 12.9. The van der Waals surface area contributed by atoms with E-state index in [9.17, 15) is 4.79 Å². The number of urea groups is 1. The molecule has 11 nitrogen and oxygen atoms in total. The van der Waals surface area contributed by atoms with Crippen molar-refractivity contribution in [3.05, 3.63) is 78.8 Å². The van der Waals surface area contributed by atoms with Gasteiger partial charge in [-0.15, -0.1) is 0 Å². The maximum absolute atomic E-state index is 12.5. The molecule has 3 N–H and O–H groups in total. The smallest absolute Gasteiger partial charge is 0.324 e. The highest BCUT2D eigenvalue weighted by Gasteiger charge is 2.44. The van der Waals surface area contributed by atoms with Crippen LogP contribution in [0.4, 0.5) is 22.1 Å². The molecule has 218 valence electrons. The van der Waals surface area contributed by atoms with Gasteiger partial charge in [-0.25, -0.2) is 19.7 Å². The quantitative estimate of drug-likeness (QED) is 0.172. The lowest BCUT2D eigenvalue weighted by molar-refractivity contribution is 0.262. The van der Waals surface area contributed by atoms with Gasteiger partial charge in [-0.05, 0) is 43.2 Å². The molecule has 5 heterocycles. The molecule has 0 saturated heterocycles. The fraction of sp³-hybridized carbons (Fsp3) is 0.258. The molecule has 0 atom stereocenters. The molecule has 12 heteroatoms. The summed E-state index contributed by atoms with van der Waals surface area (Å²) in [7, 11) is 0. The number of anilines is 3. The van der Waals surface area contributed by atoms with Crippen molar-refractivity contribution in [1.29, 1.82) is 0 Å². The zero-order valence-corrected chi connectivity index (χ0v) is 24.7. The van der Waals surface area contributed by atoms with Crippen LogP contribution in [0.15, 0.2) is 77.6 Å². The van der Waals surface area contributed by atoms with E-state index < -0.39 is 6.03 Å². The average Bonchev–Trinajstić information content (AvgIpc) is 3.28. The Hall–Kier alpha value is -4.97. The van der Waals surface area contributed by atoms with Crippen LogP contribution < -0.4 is 20.7 Å². The lowest BCUT2D eigenvalue weighted by Gasteiger charge is -2.18. The lowest BCUT2D eigenvalue weighted by atomic mass is 9.93. The van der Waals surface area contributed by atoms with E-state index in [2.05, 4.69) is 26.1 Å². The number of nitrogens with zero attached hydrogens (tertiary/aromatic N) is 5. The van der Waals surface area contributed by atoms with Crippen LogP contribution in [-0.4, -0.2) is 42.7 Å². The molecule has 1 aliphatic carbocycles. The predicted octanol–water partition coefficient (Wildman–Crippen LogP) is 6.96. The molecule has 2 amide bonds. The van der Waals surface area contributed by atoms with Gasteiger partial charge in [0, 0.05) is 41.2 Å². The number of ether oxygens (including phenoxy) is 1. The first-order valence-electron chi connectivity index (χ1n) is 14.0. The van der Waals surface area contributed by atoms with Crippen LogP contribution in [0.5, 0.6) is 5.88 Å². The van der Waals surface area contributed by atoms with Gasteiger partial charge in [0.1, 0.15) is 23.0 Å². The summed E-state index contributed by atoms with van der Waals surface area (Å²) in [5.41, 5.74) is 3.09. The monoisotopic (exact) mass is 594 g/mol. The molecule has 1 saturated carbocycles. The molecule has 0 spiro atoms. The van der Waals surface area contributed by atoms with Crippen LogP contribution in [0.2, 0.25) is 0 Å². The van der Waals surface area contributed by atoms with Crippen LogP contribution in [0, 0.1) is 0 Å². The van der Waals surface area contributed by atoms with E-state index >= 15 is 0 Å². The number of carbonyl (C=O) groups is 1. The first-order chi connectivity index (χ1) is 20.7. The van der Waals surface area contributed by atoms with Crippen LogP contribution in [0.25, 0.3) is 26.6 Å². The topological polar surface area (TPSA) is 132 Å². The third kappa shape index (κ3) is 5.73. The third-order valence-electron chi connectivity index (χ3n) is 7.27. The van der Waals surface area contributed by atoms with Crippen molar-refractivity contribution in [3.8, 4) is 17.1 Å². The highest BCUT2D eigenvalue weighted by atomic mass is 32.1. The maximum Gasteiger partial charge on any atom is 0.324 e. The highest BCUT2D eigenvalue weighted by Crippen LogP contribution is 2.39. The number of carbonyl (C=O) groups excluding carboxylic acids is 1. The van der Waals surface area contributed by atoms with Gasteiger partial charge in [0.25, 0.3) is 0 Å². The lowest BCUT2D eigenvalue weighted by Crippen LogP contribution is -2.29. The molecule has 5 aromatic heterocycles. The fourth-order valence-corrected chi connectivity index (χ4v) is 5.63. The minimum absolute atomic E-state index is 0.0913. The summed E-state index contributed by atoms with van der Waals surface area (Å²) in [6.45, 7) is 6.57. The Bertz CT molecular complexity index is 1920. The zero-order valence-electron chi connectivity index (χ0n) is 23.9.